The zero-order valence-electron chi connectivity index (χ0n) is 12.2. The van der Waals surface area contributed by atoms with Crippen molar-refractivity contribution in [2.75, 3.05) is 33.3 Å². The molecule has 21 heavy (non-hydrogen) atoms. The molecule has 2 fully saturated rings. The summed E-state index contributed by atoms with van der Waals surface area (Å²) >= 11 is 0. The lowest BCUT2D eigenvalue weighted by Gasteiger charge is -2.41. The summed E-state index contributed by atoms with van der Waals surface area (Å²) in [5.74, 6) is -1.11. The van der Waals surface area contributed by atoms with E-state index in [9.17, 15) is 19.5 Å². The van der Waals surface area contributed by atoms with Gasteiger partial charge in [0.15, 0.2) is 0 Å². The van der Waals surface area contributed by atoms with E-state index in [0.717, 1.165) is 11.3 Å². The summed E-state index contributed by atoms with van der Waals surface area (Å²) in [5, 5.41) is 11.7. The minimum Gasteiger partial charge on any atom is -0.480 e. The topological polar surface area (TPSA) is 99.2 Å². The van der Waals surface area contributed by atoms with Crippen LogP contribution in [0.25, 0.3) is 0 Å². The van der Waals surface area contributed by atoms with Gasteiger partial charge in [0.25, 0.3) is 0 Å². The molecule has 0 aromatic heterocycles. The van der Waals surface area contributed by atoms with Crippen LogP contribution in [0.3, 0.4) is 0 Å². The van der Waals surface area contributed by atoms with Crippen LogP contribution < -0.4 is 5.32 Å². The van der Waals surface area contributed by atoms with Gasteiger partial charge in [0, 0.05) is 26.7 Å². The van der Waals surface area contributed by atoms with Crippen molar-refractivity contribution in [3.63, 3.8) is 0 Å². The second kappa shape index (κ2) is 6.30. The fourth-order valence-electron chi connectivity index (χ4n) is 2.76. The molecule has 0 bridgehead atoms. The number of nitrogens with zero attached hydrogens (tertiary/aromatic N) is 2. The smallest absolute Gasteiger partial charge is 0.328 e. The van der Waals surface area contributed by atoms with Crippen LogP contribution in [0.4, 0.5) is 4.79 Å². The lowest BCUT2D eigenvalue weighted by atomic mass is 9.96. The largest absolute Gasteiger partial charge is 0.480 e. The Morgan fingerprint density at radius 1 is 1.43 bits per heavy atom. The van der Waals surface area contributed by atoms with Gasteiger partial charge in [0.05, 0.1) is 6.10 Å². The fourth-order valence-corrected chi connectivity index (χ4v) is 2.76. The maximum absolute atomic E-state index is 12.5. The lowest BCUT2D eigenvalue weighted by Crippen LogP contribution is -2.63. The van der Waals surface area contributed by atoms with E-state index in [0.29, 0.717) is 19.0 Å². The molecule has 0 spiro atoms. The van der Waals surface area contributed by atoms with Crippen molar-refractivity contribution in [1.29, 1.82) is 0 Å². The van der Waals surface area contributed by atoms with Gasteiger partial charge in [-0.05, 0) is 12.3 Å². The first-order chi connectivity index (χ1) is 9.93. The molecular weight excluding hydrogens is 278 g/mol. The van der Waals surface area contributed by atoms with Crippen molar-refractivity contribution in [3.8, 4) is 0 Å². The Hall–Kier alpha value is -1.83. The van der Waals surface area contributed by atoms with Crippen LogP contribution in [0, 0.1) is 5.92 Å². The first-order valence-electron chi connectivity index (χ1n) is 7.02. The molecule has 8 heteroatoms. The number of carbonyl (C=O) groups excluding carboxylic acids is 2. The highest BCUT2D eigenvalue weighted by Crippen LogP contribution is 2.21. The molecule has 2 aliphatic rings. The number of hydrogen-bond donors (Lipinski definition) is 2. The van der Waals surface area contributed by atoms with Gasteiger partial charge < -0.3 is 20.1 Å². The molecule has 0 aromatic rings. The van der Waals surface area contributed by atoms with Crippen molar-refractivity contribution < 1.29 is 24.2 Å². The average Bonchev–Trinajstić information content (AvgIpc) is 2.46. The second-order valence-corrected chi connectivity index (χ2v) is 5.55. The number of carboxylic acid groups (broad SMARTS) is 1. The van der Waals surface area contributed by atoms with Gasteiger partial charge in [0.2, 0.25) is 5.91 Å². The van der Waals surface area contributed by atoms with E-state index in [1.165, 1.54) is 0 Å². The van der Waals surface area contributed by atoms with Crippen LogP contribution in [0.2, 0.25) is 0 Å². The van der Waals surface area contributed by atoms with Crippen LogP contribution in [-0.4, -0.2) is 78.2 Å². The molecule has 3 atom stereocenters. The SMILES string of the molecule is COC1CN(C(=O)N2CC(=O)NCC2C(=O)O)CCC1C. The number of carboxylic acids is 1. The molecular formula is C13H21N3O5. The van der Waals surface area contributed by atoms with Crippen LogP contribution in [0.15, 0.2) is 0 Å². The minimum atomic E-state index is -1.11. The predicted molar refractivity (Wildman–Crippen MR) is 72.7 cm³/mol. The molecule has 118 valence electrons. The molecule has 2 N–H and O–H groups in total. The molecule has 2 saturated heterocycles. The molecule has 2 heterocycles. The Morgan fingerprint density at radius 3 is 2.76 bits per heavy atom. The Kier molecular flexibility index (Phi) is 4.66. The number of piperidine rings is 1. The number of hydrogen-bond acceptors (Lipinski definition) is 4. The molecule has 0 aromatic carbocycles. The van der Waals surface area contributed by atoms with Crippen LogP contribution >= 0.6 is 0 Å². The van der Waals surface area contributed by atoms with E-state index in [1.54, 1.807) is 12.0 Å². The Balaban J connectivity index is 2.09. The quantitative estimate of drug-likeness (QED) is 0.706. The number of methoxy groups -OCH3 is 1. The van der Waals surface area contributed by atoms with Crippen LogP contribution in [0.5, 0.6) is 0 Å². The lowest BCUT2D eigenvalue weighted by molar-refractivity contribution is -0.144. The van der Waals surface area contributed by atoms with E-state index in [4.69, 9.17) is 4.74 Å². The summed E-state index contributed by atoms with van der Waals surface area (Å²) in [6.45, 7) is 2.74. The third kappa shape index (κ3) is 3.26. The normalized spacial score (nSPS) is 30.0. The summed E-state index contributed by atoms with van der Waals surface area (Å²) in [5.41, 5.74) is 0. The van der Waals surface area contributed by atoms with Crippen molar-refractivity contribution in [2.24, 2.45) is 5.92 Å². The highest BCUT2D eigenvalue weighted by Gasteiger charge is 2.39. The molecule has 2 rings (SSSR count). The summed E-state index contributed by atoms with van der Waals surface area (Å²) in [6.07, 6.45) is 0.728. The maximum Gasteiger partial charge on any atom is 0.328 e. The Labute approximate surface area is 123 Å². The number of ether oxygens (including phenoxy) is 1. The molecule has 3 amide bonds. The summed E-state index contributed by atoms with van der Waals surface area (Å²) in [4.78, 5) is 37.9. The first kappa shape index (κ1) is 15.6. The standard InChI is InChI=1S/C13H21N3O5/c1-8-3-4-15(6-10(8)21-2)13(20)16-7-11(17)14-5-9(16)12(18)19/h8-10H,3-7H2,1-2H3,(H,14,17)(H,18,19). The average molecular weight is 299 g/mol. The zero-order valence-corrected chi connectivity index (χ0v) is 12.2. The molecule has 0 saturated carbocycles. The van der Waals surface area contributed by atoms with E-state index >= 15 is 0 Å². The van der Waals surface area contributed by atoms with Gasteiger partial charge >= 0.3 is 12.0 Å². The monoisotopic (exact) mass is 299 g/mol. The van der Waals surface area contributed by atoms with E-state index in [-0.39, 0.29) is 25.1 Å². The number of piperazine rings is 1. The van der Waals surface area contributed by atoms with Gasteiger partial charge in [-0.1, -0.05) is 6.92 Å². The predicted octanol–water partition coefficient (Wildman–Crippen LogP) is -0.652. The molecule has 8 nitrogen and oxygen atoms in total. The number of carbonyl (C=O) groups is 3. The summed E-state index contributed by atoms with van der Waals surface area (Å²) in [7, 11) is 1.60. The fraction of sp³-hybridized carbons (Fsp3) is 0.769. The van der Waals surface area contributed by atoms with Crippen molar-refractivity contribution in [3.05, 3.63) is 0 Å². The summed E-state index contributed by atoms with van der Waals surface area (Å²) in [6, 6.07) is -1.43. The number of amides is 3. The summed E-state index contributed by atoms with van der Waals surface area (Å²) < 4.78 is 5.36. The van der Waals surface area contributed by atoms with E-state index in [2.05, 4.69) is 12.2 Å². The van der Waals surface area contributed by atoms with Gasteiger partial charge in [-0.25, -0.2) is 9.59 Å². The van der Waals surface area contributed by atoms with Crippen molar-refractivity contribution in [1.82, 2.24) is 15.1 Å². The van der Waals surface area contributed by atoms with Gasteiger partial charge in [-0.2, -0.15) is 0 Å². The number of urea groups is 1. The maximum atomic E-state index is 12.5. The molecule has 0 radical (unpaired) electrons. The van der Waals surface area contributed by atoms with E-state index < -0.39 is 18.0 Å². The molecule has 2 aliphatic heterocycles. The Bertz CT molecular complexity index is 442. The van der Waals surface area contributed by atoms with Gasteiger partial charge in [-0.3, -0.25) is 9.69 Å². The van der Waals surface area contributed by atoms with E-state index in [1.807, 2.05) is 0 Å². The number of likely N-dealkylation sites (tertiary alicyclic amines) is 1. The first-order valence-corrected chi connectivity index (χ1v) is 7.02. The second-order valence-electron chi connectivity index (χ2n) is 5.55. The highest BCUT2D eigenvalue weighted by molar-refractivity contribution is 5.90. The Morgan fingerprint density at radius 2 is 2.14 bits per heavy atom. The number of aliphatic carboxylic acids is 1. The third-order valence-corrected chi connectivity index (χ3v) is 4.18. The molecule has 3 unspecified atom stereocenters. The van der Waals surface area contributed by atoms with Crippen LogP contribution in [0.1, 0.15) is 13.3 Å². The highest BCUT2D eigenvalue weighted by atomic mass is 16.5. The van der Waals surface area contributed by atoms with Gasteiger partial charge in [0.1, 0.15) is 12.6 Å². The van der Waals surface area contributed by atoms with Crippen LogP contribution in [-0.2, 0) is 14.3 Å². The number of nitrogens with one attached hydrogen (secondary N) is 1. The number of rotatable bonds is 2. The molecule has 0 aliphatic carbocycles. The van der Waals surface area contributed by atoms with Crippen molar-refractivity contribution in [2.45, 2.75) is 25.5 Å². The third-order valence-electron chi connectivity index (χ3n) is 4.18. The van der Waals surface area contributed by atoms with Crippen molar-refractivity contribution >= 4 is 17.9 Å². The minimum absolute atomic E-state index is 0.0577. The van der Waals surface area contributed by atoms with Gasteiger partial charge in [-0.15, -0.1) is 0 Å². The zero-order chi connectivity index (χ0) is 15.6.